The summed E-state index contributed by atoms with van der Waals surface area (Å²) >= 11 is 0. The van der Waals surface area contributed by atoms with E-state index in [0.29, 0.717) is 5.78 Å². The molecule has 0 saturated heterocycles. The first-order valence-corrected chi connectivity index (χ1v) is 6.68. The first-order chi connectivity index (χ1) is 7.76. The molecule has 0 aromatic rings. The van der Waals surface area contributed by atoms with E-state index < -0.39 is 5.60 Å². The van der Waals surface area contributed by atoms with Crippen molar-refractivity contribution in [3.8, 4) is 0 Å². The largest absolute Gasteiger partial charge is 0.390 e. The van der Waals surface area contributed by atoms with Gasteiger partial charge in [-0.3, -0.25) is 4.79 Å². The molecule has 1 saturated carbocycles. The number of ketones is 1. The lowest BCUT2D eigenvalue weighted by Gasteiger charge is -2.36. The van der Waals surface area contributed by atoms with Gasteiger partial charge >= 0.3 is 0 Å². The molecule has 0 heterocycles. The van der Waals surface area contributed by atoms with E-state index in [0.717, 1.165) is 19.3 Å². The first kappa shape index (κ1) is 12.8. The standard InChI is InChI=1S/C15H24O2/c1-10-6-5-8-15(4)9-7-11(14(2,3)17)12(15)13(10)16/h5-6,10-12,17H,7-9H2,1-4H3/t10?,11-,12+,15+/m0/s1. The number of Topliss-reactive ketones (excluding diaryl/α,β-unsaturated/α-hetero) is 1. The van der Waals surface area contributed by atoms with E-state index in [9.17, 15) is 9.90 Å². The molecule has 0 amide bonds. The van der Waals surface area contributed by atoms with Gasteiger partial charge in [0.25, 0.3) is 0 Å². The van der Waals surface area contributed by atoms with E-state index in [1.165, 1.54) is 0 Å². The molecular formula is C15H24O2. The minimum Gasteiger partial charge on any atom is -0.390 e. The number of aliphatic hydroxyl groups is 1. The molecule has 17 heavy (non-hydrogen) atoms. The molecule has 0 radical (unpaired) electrons. The molecule has 0 aromatic carbocycles. The number of hydrogen-bond donors (Lipinski definition) is 1. The molecule has 0 bridgehead atoms. The van der Waals surface area contributed by atoms with Crippen molar-refractivity contribution in [2.45, 2.75) is 52.6 Å². The Labute approximate surface area is 104 Å². The summed E-state index contributed by atoms with van der Waals surface area (Å²) in [5.41, 5.74) is -0.689. The Hall–Kier alpha value is -0.630. The third-order valence-electron chi connectivity index (χ3n) is 4.85. The van der Waals surface area contributed by atoms with Crippen LogP contribution in [0.1, 0.15) is 47.0 Å². The van der Waals surface area contributed by atoms with Gasteiger partial charge in [-0.05, 0) is 44.4 Å². The highest BCUT2D eigenvalue weighted by molar-refractivity contribution is 5.86. The van der Waals surface area contributed by atoms with Crippen LogP contribution in [0.5, 0.6) is 0 Å². The summed E-state index contributed by atoms with van der Waals surface area (Å²) < 4.78 is 0. The van der Waals surface area contributed by atoms with E-state index in [1.807, 2.05) is 26.8 Å². The average Bonchev–Trinajstić information content (AvgIpc) is 2.49. The van der Waals surface area contributed by atoms with Crippen LogP contribution in [-0.4, -0.2) is 16.5 Å². The second-order valence-electron chi connectivity index (χ2n) is 6.75. The lowest BCUT2D eigenvalue weighted by molar-refractivity contribution is -0.133. The quantitative estimate of drug-likeness (QED) is 0.711. The Morgan fingerprint density at radius 2 is 2.12 bits per heavy atom. The Bertz CT molecular complexity index is 350. The zero-order valence-corrected chi connectivity index (χ0v) is 11.4. The highest BCUT2D eigenvalue weighted by atomic mass is 16.3. The van der Waals surface area contributed by atoms with Crippen LogP contribution in [0.4, 0.5) is 0 Å². The van der Waals surface area contributed by atoms with Gasteiger partial charge in [0.05, 0.1) is 5.60 Å². The molecular weight excluding hydrogens is 212 g/mol. The van der Waals surface area contributed by atoms with Crippen LogP contribution >= 0.6 is 0 Å². The summed E-state index contributed by atoms with van der Waals surface area (Å²) in [7, 11) is 0. The van der Waals surface area contributed by atoms with Crippen molar-refractivity contribution in [3.05, 3.63) is 12.2 Å². The van der Waals surface area contributed by atoms with E-state index in [1.54, 1.807) is 0 Å². The smallest absolute Gasteiger partial charge is 0.143 e. The maximum Gasteiger partial charge on any atom is 0.143 e. The molecule has 0 spiro atoms. The van der Waals surface area contributed by atoms with Crippen molar-refractivity contribution in [2.24, 2.45) is 23.2 Å². The maximum atomic E-state index is 12.5. The van der Waals surface area contributed by atoms with Crippen LogP contribution < -0.4 is 0 Å². The molecule has 2 aliphatic rings. The van der Waals surface area contributed by atoms with E-state index >= 15 is 0 Å². The van der Waals surface area contributed by atoms with Gasteiger partial charge in [-0.1, -0.05) is 26.0 Å². The van der Waals surface area contributed by atoms with Gasteiger partial charge in [0, 0.05) is 11.8 Å². The number of fused-ring (bicyclic) bond motifs is 1. The third kappa shape index (κ3) is 2.08. The predicted octanol–water partition coefficient (Wildman–Crippen LogP) is 2.95. The van der Waals surface area contributed by atoms with Gasteiger partial charge in [0.2, 0.25) is 0 Å². The predicted molar refractivity (Wildman–Crippen MR) is 68.5 cm³/mol. The lowest BCUT2D eigenvalue weighted by atomic mass is 9.68. The number of allylic oxidation sites excluding steroid dienone is 2. The Morgan fingerprint density at radius 1 is 1.47 bits per heavy atom. The lowest BCUT2D eigenvalue weighted by Crippen LogP contribution is -2.42. The van der Waals surface area contributed by atoms with Crippen molar-refractivity contribution in [1.82, 2.24) is 0 Å². The van der Waals surface area contributed by atoms with Crippen LogP contribution in [0, 0.1) is 23.2 Å². The van der Waals surface area contributed by atoms with E-state index in [2.05, 4.69) is 13.0 Å². The Balaban J connectivity index is 2.38. The molecule has 4 atom stereocenters. The molecule has 2 heteroatoms. The summed E-state index contributed by atoms with van der Waals surface area (Å²) in [4.78, 5) is 12.5. The molecule has 1 fully saturated rings. The fraction of sp³-hybridized carbons (Fsp3) is 0.800. The van der Waals surface area contributed by atoms with Crippen LogP contribution in [-0.2, 0) is 4.79 Å². The van der Waals surface area contributed by atoms with Gasteiger partial charge in [-0.15, -0.1) is 0 Å². The topological polar surface area (TPSA) is 37.3 Å². The molecule has 2 aliphatic carbocycles. The average molecular weight is 236 g/mol. The summed E-state index contributed by atoms with van der Waals surface area (Å²) in [6, 6.07) is 0. The van der Waals surface area contributed by atoms with Gasteiger partial charge in [0.1, 0.15) is 5.78 Å². The molecule has 2 rings (SSSR count). The highest BCUT2D eigenvalue weighted by Crippen LogP contribution is 2.54. The fourth-order valence-electron chi connectivity index (χ4n) is 3.74. The number of carbonyl (C=O) groups excluding carboxylic acids is 1. The first-order valence-electron chi connectivity index (χ1n) is 6.68. The molecule has 96 valence electrons. The number of hydrogen-bond acceptors (Lipinski definition) is 2. The van der Waals surface area contributed by atoms with Gasteiger partial charge < -0.3 is 5.11 Å². The zero-order valence-electron chi connectivity index (χ0n) is 11.4. The number of carbonyl (C=O) groups is 1. The summed E-state index contributed by atoms with van der Waals surface area (Å²) in [6.07, 6.45) is 7.19. The normalized spacial score (nSPS) is 42.4. The van der Waals surface area contributed by atoms with Crippen LogP contribution in [0.3, 0.4) is 0 Å². The minimum atomic E-state index is -0.748. The van der Waals surface area contributed by atoms with Gasteiger partial charge in [-0.25, -0.2) is 0 Å². The zero-order chi connectivity index (χ0) is 12.8. The summed E-state index contributed by atoms with van der Waals surface area (Å²) in [5, 5.41) is 10.3. The monoisotopic (exact) mass is 236 g/mol. The van der Waals surface area contributed by atoms with Crippen molar-refractivity contribution >= 4 is 5.78 Å². The maximum absolute atomic E-state index is 12.5. The van der Waals surface area contributed by atoms with Crippen molar-refractivity contribution in [3.63, 3.8) is 0 Å². The van der Waals surface area contributed by atoms with Crippen LogP contribution in [0.25, 0.3) is 0 Å². The SMILES string of the molecule is CC1C=CC[C@]2(C)CC[C@H](C(C)(C)O)[C@@H]2C1=O. The van der Waals surface area contributed by atoms with E-state index in [4.69, 9.17) is 0 Å². The second kappa shape index (κ2) is 3.94. The van der Waals surface area contributed by atoms with Crippen molar-refractivity contribution in [1.29, 1.82) is 0 Å². The fourth-order valence-corrected chi connectivity index (χ4v) is 3.74. The third-order valence-corrected chi connectivity index (χ3v) is 4.85. The Morgan fingerprint density at radius 3 is 2.71 bits per heavy atom. The van der Waals surface area contributed by atoms with Gasteiger partial charge in [0.15, 0.2) is 0 Å². The van der Waals surface area contributed by atoms with Crippen LogP contribution in [0.15, 0.2) is 12.2 Å². The molecule has 1 unspecified atom stereocenters. The summed E-state index contributed by atoms with van der Waals surface area (Å²) in [6.45, 7) is 7.88. The molecule has 0 aliphatic heterocycles. The molecule has 1 N–H and O–H groups in total. The molecule has 2 nitrogen and oxygen atoms in total. The summed E-state index contributed by atoms with van der Waals surface area (Å²) in [5.74, 6) is 0.463. The van der Waals surface area contributed by atoms with Crippen molar-refractivity contribution < 1.29 is 9.90 Å². The molecule has 0 aromatic heterocycles. The Kier molecular flexibility index (Phi) is 2.97. The van der Waals surface area contributed by atoms with Gasteiger partial charge in [-0.2, -0.15) is 0 Å². The number of rotatable bonds is 1. The van der Waals surface area contributed by atoms with Crippen molar-refractivity contribution in [2.75, 3.05) is 0 Å². The highest BCUT2D eigenvalue weighted by Gasteiger charge is 2.53. The minimum absolute atomic E-state index is 0.00442. The second-order valence-corrected chi connectivity index (χ2v) is 6.75. The van der Waals surface area contributed by atoms with Crippen LogP contribution in [0.2, 0.25) is 0 Å². The van der Waals surface area contributed by atoms with E-state index in [-0.39, 0.29) is 23.2 Å².